The van der Waals surface area contributed by atoms with Crippen molar-refractivity contribution in [3.63, 3.8) is 0 Å². The van der Waals surface area contributed by atoms with Crippen molar-refractivity contribution < 1.29 is 19.1 Å². The molecule has 2 aromatic rings. The third-order valence-electron chi connectivity index (χ3n) is 4.45. The minimum atomic E-state index is -0.689. The second-order valence-corrected chi connectivity index (χ2v) is 7.52. The molecule has 162 valence electrons. The molecule has 0 saturated carbocycles. The summed E-state index contributed by atoms with van der Waals surface area (Å²) in [4.78, 5) is 27.0. The molecule has 0 aliphatic rings. The number of nitrogens with zero attached hydrogens (tertiary/aromatic N) is 1. The van der Waals surface area contributed by atoms with Crippen molar-refractivity contribution in [2.75, 3.05) is 26.9 Å². The smallest absolute Gasteiger partial charge is 0.261 e. The molecule has 6 nitrogen and oxygen atoms in total. The topological polar surface area (TPSA) is 67.9 Å². The summed E-state index contributed by atoms with van der Waals surface area (Å²) < 4.78 is 10.6. The van der Waals surface area contributed by atoms with E-state index in [1.165, 1.54) is 4.90 Å². The third kappa shape index (κ3) is 7.52. The predicted octanol–water partition coefficient (Wildman–Crippen LogP) is 3.94. The van der Waals surface area contributed by atoms with Crippen LogP contribution >= 0.6 is 23.2 Å². The third-order valence-corrected chi connectivity index (χ3v) is 5.01. The van der Waals surface area contributed by atoms with Crippen LogP contribution < -0.4 is 10.1 Å². The first-order chi connectivity index (χ1) is 14.4. The average molecular weight is 453 g/mol. The van der Waals surface area contributed by atoms with Crippen molar-refractivity contribution in [2.45, 2.75) is 25.9 Å². The minimum Gasteiger partial charge on any atom is -0.482 e. The van der Waals surface area contributed by atoms with Gasteiger partial charge in [0.15, 0.2) is 6.61 Å². The lowest BCUT2D eigenvalue weighted by Gasteiger charge is -2.29. The summed E-state index contributed by atoms with van der Waals surface area (Å²) in [5.74, 6) is -0.161. The highest BCUT2D eigenvalue weighted by Crippen LogP contribution is 2.23. The summed E-state index contributed by atoms with van der Waals surface area (Å²) in [6, 6.07) is 13.4. The van der Waals surface area contributed by atoms with Crippen molar-refractivity contribution >= 4 is 35.0 Å². The van der Waals surface area contributed by atoms with Crippen LogP contribution in [-0.4, -0.2) is 49.6 Å². The number of hydrogen-bond donors (Lipinski definition) is 1. The number of carbonyl (C=O) groups excluding carboxylic acids is 2. The molecular weight excluding hydrogens is 427 g/mol. The number of benzene rings is 2. The molecule has 30 heavy (non-hydrogen) atoms. The van der Waals surface area contributed by atoms with Gasteiger partial charge in [0.1, 0.15) is 11.8 Å². The van der Waals surface area contributed by atoms with Gasteiger partial charge in [0.25, 0.3) is 5.91 Å². The van der Waals surface area contributed by atoms with Gasteiger partial charge < -0.3 is 19.7 Å². The van der Waals surface area contributed by atoms with Crippen LogP contribution in [0.4, 0.5) is 0 Å². The first-order valence-corrected chi connectivity index (χ1v) is 10.4. The number of nitrogens with one attached hydrogen (secondary N) is 1. The van der Waals surface area contributed by atoms with Crippen molar-refractivity contribution in [3.05, 3.63) is 64.1 Å². The molecule has 2 rings (SSSR count). The van der Waals surface area contributed by atoms with Gasteiger partial charge in [-0.1, -0.05) is 47.5 Å². The predicted molar refractivity (Wildman–Crippen MR) is 118 cm³/mol. The maximum Gasteiger partial charge on any atom is 0.261 e. The highest BCUT2D eigenvalue weighted by Gasteiger charge is 2.26. The lowest BCUT2D eigenvalue weighted by molar-refractivity contribution is -0.142. The van der Waals surface area contributed by atoms with Gasteiger partial charge in [-0.3, -0.25) is 9.59 Å². The standard InChI is InChI=1S/C22H26Cl2N2O4/c1-16(22(28)25-12-5-13-29-2)26(14-17-8-10-18(23)11-9-17)21(27)15-30-20-7-4-3-6-19(20)24/h3-4,6-11,16H,5,12-15H2,1-2H3,(H,25,28). The Morgan fingerprint density at radius 2 is 1.80 bits per heavy atom. The first-order valence-electron chi connectivity index (χ1n) is 9.60. The summed E-state index contributed by atoms with van der Waals surface area (Å²) in [5, 5.41) is 3.85. The molecule has 0 spiro atoms. The van der Waals surface area contributed by atoms with E-state index in [4.69, 9.17) is 32.7 Å². The van der Waals surface area contributed by atoms with Crippen LogP contribution in [0.1, 0.15) is 18.9 Å². The highest BCUT2D eigenvalue weighted by molar-refractivity contribution is 6.32. The Morgan fingerprint density at radius 3 is 2.47 bits per heavy atom. The SMILES string of the molecule is COCCCNC(=O)C(C)N(Cc1ccc(Cl)cc1)C(=O)COc1ccccc1Cl. The van der Waals surface area contributed by atoms with E-state index < -0.39 is 6.04 Å². The molecule has 0 aliphatic carbocycles. The number of rotatable bonds is 11. The molecular formula is C22H26Cl2N2O4. The first kappa shape index (κ1) is 24.0. The molecule has 2 aromatic carbocycles. The number of ether oxygens (including phenoxy) is 2. The van der Waals surface area contributed by atoms with E-state index in [0.29, 0.717) is 35.4 Å². The fourth-order valence-corrected chi connectivity index (χ4v) is 3.05. The summed E-state index contributed by atoms with van der Waals surface area (Å²) in [6.07, 6.45) is 0.690. The minimum absolute atomic E-state index is 0.237. The van der Waals surface area contributed by atoms with E-state index in [2.05, 4.69) is 5.32 Å². The molecule has 0 saturated heterocycles. The quantitative estimate of drug-likeness (QED) is 0.524. The van der Waals surface area contributed by atoms with Crippen LogP contribution in [0.15, 0.2) is 48.5 Å². The molecule has 1 atom stereocenters. The van der Waals surface area contributed by atoms with Gasteiger partial charge in [0, 0.05) is 31.8 Å². The van der Waals surface area contributed by atoms with Gasteiger partial charge >= 0.3 is 0 Å². The van der Waals surface area contributed by atoms with E-state index in [1.54, 1.807) is 50.4 Å². The van der Waals surface area contributed by atoms with Crippen LogP contribution in [0.5, 0.6) is 5.75 Å². The molecule has 2 amide bonds. The highest BCUT2D eigenvalue weighted by atomic mass is 35.5. The number of hydrogen-bond acceptors (Lipinski definition) is 4. The zero-order valence-corrected chi connectivity index (χ0v) is 18.6. The molecule has 0 heterocycles. The maximum absolute atomic E-state index is 13.0. The Labute approximate surface area is 187 Å². The van der Waals surface area contributed by atoms with Gasteiger partial charge in [-0.2, -0.15) is 0 Å². The summed E-state index contributed by atoms with van der Waals surface area (Å²) in [7, 11) is 1.61. The normalized spacial score (nSPS) is 11.6. The fraction of sp³-hybridized carbons (Fsp3) is 0.364. The molecule has 0 fully saturated rings. The average Bonchev–Trinajstić information content (AvgIpc) is 2.75. The van der Waals surface area contributed by atoms with Crippen molar-refractivity contribution in [2.24, 2.45) is 0 Å². The summed E-state index contributed by atoms with van der Waals surface area (Å²) in [5.41, 5.74) is 0.851. The van der Waals surface area contributed by atoms with E-state index in [0.717, 1.165) is 5.56 Å². The molecule has 1 N–H and O–H groups in total. The Hall–Kier alpha value is -2.28. The Balaban J connectivity index is 2.08. The number of methoxy groups -OCH3 is 1. The number of amides is 2. The number of halogens is 2. The van der Waals surface area contributed by atoms with Gasteiger partial charge in [-0.05, 0) is 43.2 Å². The van der Waals surface area contributed by atoms with Gasteiger partial charge in [0.2, 0.25) is 5.91 Å². The molecule has 0 radical (unpaired) electrons. The van der Waals surface area contributed by atoms with Crippen LogP contribution in [0.3, 0.4) is 0 Å². The van der Waals surface area contributed by atoms with Crippen molar-refractivity contribution in [1.82, 2.24) is 10.2 Å². The van der Waals surface area contributed by atoms with Crippen LogP contribution in [0, 0.1) is 0 Å². The summed E-state index contributed by atoms with van der Waals surface area (Å²) >= 11 is 12.0. The molecule has 0 aliphatic heterocycles. The van der Waals surface area contributed by atoms with Gasteiger partial charge in [-0.15, -0.1) is 0 Å². The lowest BCUT2D eigenvalue weighted by atomic mass is 10.1. The maximum atomic E-state index is 13.0. The zero-order valence-electron chi connectivity index (χ0n) is 17.1. The fourth-order valence-electron chi connectivity index (χ4n) is 2.73. The Morgan fingerprint density at radius 1 is 1.10 bits per heavy atom. The van der Waals surface area contributed by atoms with Gasteiger partial charge in [0.05, 0.1) is 5.02 Å². The van der Waals surface area contributed by atoms with Crippen molar-refractivity contribution in [1.29, 1.82) is 0 Å². The second kappa shape index (κ2) is 12.4. The molecule has 8 heteroatoms. The molecule has 1 unspecified atom stereocenters. The van der Waals surface area contributed by atoms with Crippen LogP contribution in [0.2, 0.25) is 10.0 Å². The number of carbonyl (C=O) groups is 2. The largest absolute Gasteiger partial charge is 0.482 e. The lowest BCUT2D eigenvalue weighted by Crippen LogP contribution is -2.49. The van der Waals surface area contributed by atoms with Crippen LogP contribution in [0.25, 0.3) is 0 Å². The number of para-hydroxylation sites is 1. The van der Waals surface area contributed by atoms with Gasteiger partial charge in [-0.25, -0.2) is 0 Å². The van der Waals surface area contributed by atoms with E-state index in [9.17, 15) is 9.59 Å². The Bertz CT molecular complexity index is 830. The molecule has 0 aromatic heterocycles. The monoisotopic (exact) mass is 452 g/mol. The van der Waals surface area contributed by atoms with Crippen molar-refractivity contribution in [3.8, 4) is 5.75 Å². The second-order valence-electron chi connectivity index (χ2n) is 6.68. The van der Waals surface area contributed by atoms with Crippen LogP contribution in [-0.2, 0) is 20.9 Å². The summed E-state index contributed by atoms with van der Waals surface area (Å²) in [6.45, 7) is 2.71. The Kier molecular flexibility index (Phi) is 9.94. The van der Waals surface area contributed by atoms with E-state index in [1.807, 2.05) is 12.1 Å². The molecule has 0 bridgehead atoms. The van der Waals surface area contributed by atoms with E-state index in [-0.39, 0.29) is 25.0 Å². The van der Waals surface area contributed by atoms with E-state index >= 15 is 0 Å². The zero-order chi connectivity index (χ0) is 21.9.